The first-order valence-electron chi connectivity index (χ1n) is 7.24. The van der Waals surface area contributed by atoms with E-state index < -0.39 is 0 Å². The Balaban J connectivity index is 2.22. The molecule has 1 heterocycles. The van der Waals surface area contributed by atoms with Gasteiger partial charge in [-0.2, -0.15) is 4.58 Å². The zero-order chi connectivity index (χ0) is 15.6. The van der Waals surface area contributed by atoms with E-state index in [0.717, 1.165) is 25.0 Å². The zero-order valence-corrected chi connectivity index (χ0v) is 14.2. The van der Waals surface area contributed by atoms with Crippen LogP contribution in [0.25, 0.3) is 0 Å². The first kappa shape index (κ1) is 16.5. The van der Waals surface area contributed by atoms with E-state index in [0.29, 0.717) is 0 Å². The fourth-order valence-corrected chi connectivity index (χ4v) is 3.32. The van der Waals surface area contributed by atoms with Gasteiger partial charge in [0.05, 0.1) is 5.41 Å². The van der Waals surface area contributed by atoms with Gasteiger partial charge in [-0.05, 0) is 20.8 Å². The van der Waals surface area contributed by atoms with Gasteiger partial charge in [0.25, 0.3) is 0 Å². The smallest absolute Gasteiger partial charge is 0.212 e. The Morgan fingerprint density at radius 1 is 1.33 bits per heavy atom. The molecule has 21 heavy (non-hydrogen) atoms. The largest absolute Gasteiger partial charge is 0.220 e. The van der Waals surface area contributed by atoms with Gasteiger partial charge in [-0.15, -0.1) is 4.33 Å². The van der Waals surface area contributed by atoms with Gasteiger partial charge < -0.3 is 0 Å². The third-order valence-electron chi connectivity index (χ3n) is 4.48. The first-order chi connectivity index (χ1) is 9.89. The Morgan fingerprint density at radius 3 is 2.71 bits per heavy atom. The minimum Gasteiger partial charge on any atom is -0.220 e. The molecular formula is C16H24NO3S+. The minimum atomic E-state index is 0.0719. The van der Waals surface area contributed by atoms with E-state index in [4.69, 9.17) is 5.26 Å². The molecular weight excluding hydrogens is 286 g/mol. The highest BCUT2D eigenvalue weighted by Crippen LogP contribution is 2.41. The van der Waals surface area contributed by atoms with Crippen LogP contribution in [0.15, 0.2) is 18.2 Å². The van der Waals surface area contributed by atoms with Crippen LogP contribution in [0.3, 0.4) is 0 Å². The maximum absolute atomic E-state index is 8.21. The Bertz CT molecular complexity index is 554. The second-order valence-corrected chi connectivity index (χ2v) is 7.30. The van der Waals surface area contributed by atoms with Crippen LogP contribution in [0, 0.1) is 6.92 Å². The van der Waals surface area contributed by atoms with Crippen molar-refractivity contribution in [2.45, 2.75) is 51.7 Å². The molecule has 0 saturated heterocycles. The van der Waals surface area contributed by atoms with Crippen LogP contribution in [0.1, 0.15) is 45.2 Å². The number of hydrogen-bond acceptors (Lipinski definition) is 4. The molecule has 1 N–H and O–H groups in total. The van der Waals surface area contributed by atoms with Crippen LogP contribution >= 0.6 is 12.0 Å². The molecule has 0 saturated carbocycles. The SMILES string of the molecule is CC1=[N+](CCC(C)SOOO)c2c(C)cccc2C1(C)C. The van der Waals surface area contributed by atoms with Crippen LogP contribution in [-0.4, -0.2) is 27.3 Å². The monoisotopic (exact) mass is 310 g/mol. The van der Waals surface area contributed by atoms with Crippen molar-refractivity contribution < 1.29 is 19.2 Å². The van der Waals surface area contributed by atoms with Gasteiger partial charge in [0.2, 0.25) is 5.69 Å². The summed E-state index contributed by atoms with van der Waals surface area (Å²) in [4.78, 5) is 0. The quantitative estimate of drug-likeness (QED) is 0.369. The molecule has 1 aliphatic heterocycles. The summed E-state index contributed by atoms with van der Waals surface area (Å²) in [5.41, 5.74) is 5.50. The Labute approximate surface area is 130 Å². The number of fused-ring (bicyclic) bond motifs is 1. The third-order valence-corrected chi connectivity index (χ3v) is 5.19. The Hall–Kier alpha value is -0.880. The van der Waals surface area contributed by atoms with Gasteiger partial charge in [-0.25, -0.2) is 5.26 Å². The first-order valence-corrected chi connectivity index (χ1v) is 8.05. The highest BCUT2D eigenvalue weighted by atomic mass is 32.2. The van der Waals surface area contributed by atoms with E-state index in [2.05, 4.69) is 66.8 Å². The molecule has 0 spiro atoms. The molecule has 2 rings (SSSR count). The maximum Gasteiger partial charge on any atom is 0.212 e. The molecule has 0 amide bonds. The highest BCUT2D eigenvalue weighted by molar-refractivity contribution is 7.95. The van der Waals surface area contributed by atoms with Crippen LogP contribution in [-0.2, 0) is 14.8 Å². The number of benzene rings is 1. The lowest BCUT2D eigenvalue weighted by atomic mass is 9.82. The summed E-state index contributed by atoms with van der Waals surface area (Å²) in [5, 5.41) is 12.1. The predicted octanol–water partition coefficient (Wildman–Crippen LogP) is 4.24. The van der Waals surface area contributed by atoms with Gasteiger partial charge in [-0.1, -0.05) is 30.2 Å². The molecule has 1 unspecified atom stereocenters. The van der Waals surface area contributed by atoms with Gasteiger partial charge in [0, 0.05) is 41.8 Å². The summed E-state index contributed by atoms with van der Waals surface area (Å²) in [6, 6.07) is 6.53. The van der Waals surface area contributed by atoms with Gasteiger partial charge in [0.1, 0.15) is 6.54 Å². The lowest BCUT2D eigenvalue weighted by Crippen LogP contribution is -2.27. The van der Waals surface area contributed by atoms with Gasteiger partial charge >= 0.3 is 0 Å². The summed E-state index contributed by atoms with van der Waals surface area (Å²) in [6.45, 7) is 11.9. The fraction of sp³-hybridized carbons (Fsp3) is 0.562. The molecule has 0 aliphatic carbocycles. The van der Waals surface area contributed by atoms with E-state index in [9.17, 15) is 0 Å². The second-order valence-electron chi connectivity index (χ2n) is 6.17. The van der Waals surface area contributed by atoms with E-state index >= 15 is 0 Å². The summed E-state index contributed by atoms with van der Waals surface area (Å²) < 4.78 is 6.94. The summed E-state index contributed by atoms with van der Waals surface area (Å²) in [6.07, 6.45) is 0.940. The lowest BCUT2D eigenvalue weighted by Gasteiger charge is -2.14. The van der Waals surface area contributed by atoms with Crippen molar-refractivity contribution in [2.24, 2.45) is 0 Å². The van der Waals surface area contributed by atoms with Crippen molar-refractivity contribution in [3.8, 4) is 0 Å². The molecule has 1 aliphatic rings. The number of aryl methyl sites for hydroxylation is 1. The van der Waals surface area contributed by atoms with E-state index in [-0.39, 0.29) is 10.7 Å². The molecule has 5 heteroatoms. The lowest BCUT2D eigenvalue weighted by molar-refractivity contribution is -0.440. The Morgan fingerprint density at radius 2 is 2.05 bits per heavy atom. The highest BCUT2D eigenvalue weighted by Gasteiger charge is 2.43. The fourth-order valence-electron chi connectivity index (χ4n) is 2.94. The van der Waals surface area contributed by atoms with Crippen LogP contribution < -0.4 is 0 Å². The van der Waals surface area contributed by atoms with Crippen molar-refractivity contribution in [3.63, 3.8) is 0 Å². The van der Waals surface area contributed by atoms with Crippen molar-refractivity contribution in [1.82, 2.24) is 0 Å². The van der Waals surface area contributed by atoms with Crippen molar-refractivity contribution in [1.29, 1.82) is 0 Å². The molecule has 0 aromatic heterocycles. The van der Waals surface area contributed by atoms with Gasteiger partial charge in [-0.3, -0.25) is 0 Å². The number of nitrogens with zero attached hydrogens (tertiary/aromatic N) is 1. The molecule has 0 fully saturated rings. The normalized spacial score (nSPS) is 18.0. The molecule has 116 valence electrons. The molecule has 1 aromatic rings. The van der Waals surface area contributed by atoms with E-state index in [1.807, 2.05) is 0 Å². The maximum atomic E-state index is 8.21. The zero-order valence-electron chi connectivity index (χ0n) is 13.3. The average Bonchev–Trinajstić information content (AvgIpc) is 2.64. The van der Waals surface area contributed by atoms with Crippen molar-refractivity contribution in [3.05, 3.63) is 29.3 Å². The second kappa shape index (κ2) is 6.48. The van der Waals surface area contributed by atoms with Crippen LogP contribution in [0.4, 0.5) is 5.69 Å². The molecule has 1 aromatic carbocycles. The summed E-state index contributed by atoms with van der Waals surface area (Å²) in [5.74, 6) is 0. The molecule has 0 radical (unpaired) electrons. The third kappa shape index (κ3) is 3.16. The topological polar surface area (TPSA) is 41.7 Å². The van der Waals surface area contributed by atoms with Crippen molar-refractivity contribution in [2.75, 3.05) is 6.54 Å². The summed E-state index contributed by atoms with van der Waals surface area (Å²) in [7, 11) is 0. The number of rotatable bonds is 6. The van der Waals surface area contributed by atoms with Gasteiger partial charge in [0.15, 0.2) is 5.71 Å². The predicted molar refractivity (Wildman–Crippen MR) is 86.1 cm³/mol. The number of para-hydroxylation sites is 1. The molecule has 4 nitrogen and oxygen atoms in total. The minimum absolute atomic E-state index is 0.0719. The van der Waals surface area contributed by atoms with Crippen LogP contribution in [0.2, 0.25) is 0 Å². The van der Waals surface area contributed by atoms with Crippen molar-refractivity contribution >= 4 is 23.4 Å². The molecule has 0 bridgehead atoms. The standard InChI is InChI=1S/C16H23NO3S/c1-11-7-6-8-14-15(11)17(13(3)16(14,4)5)10-9-12(2)21-20-19-18/h6-8,12H,9-10H2,1-5H3/p+1. The average molecular weight is 310 g/mol. The Kier molecular flexibility index (Phi) is 5.09. The van der Waals surface area contributed by atoms with E-state index in [1.54, 1.807) is 0 Å². The summed E-state index contributed by atoms with van der Waals surface area (Å²) >= 11 is 1.14. The van der Waals surface area contributed by atoms with E-state index in [1.165, 1.54) is 22.5 Å². The number of hydrogen-bond donors (Lipinski definition) is 1. The van der Waals surface area contributed by atoms with Crippen LogP contribution in [0.5, 0.6) is 0 Å². The molecule has 1 atom stereocenters.